The zero-order valence-electron chi connectivity index (χ0n) is 24.1. The maximum absolute atomic E-state index is 14.3. The number of hydrogen-bond acceptors (Lipinski definition) is 4. The molecule has 0 amide bonds. The Balaban J connectivity index is 1.67. The lowest BCUT2D eigenvalue weighted by Crippen LogP contribution is -2.53. The van der Waals surface area contributed by atoms with Crippen molar-refractivity contribution >= 4 is 25.9 Å². The number of carbonyl (C=O) groups excluding carboxylic acids is 1. The molecule has 5 heteroatoms. The topological polar surface area (TPSA) is 35.5 Å². The van der Waals surface area contributed by atoms with E-state index in [0.29, 0.717) is 35.6 Å². The van der Waals surface area contributed by atoms with Crippen LogP contribution in [0.4, 0.5) is 0 Å². The van der Waals surface area contributed by atoms with E-state index >= 15 is 0 Å². The van der Waals surface area contributed by atoms with E-state index in [1.807, 2.05) is 12.1 Å². The van der Waals surface area contributed by atoms with Crippen LogP contribution >= 0.6 is 11.8 Å². The predicted molar refractivity (Wildman–Crippen MR) is 162 cm³/mol. The van der Waals surface area contributed by atoms with Gasteiger partial charge in [0, 0.05) is 16.7 Å². The van der Waals surface area contributed by atoms with E-state index in [1.54, 1.807) is 11.8 Å². The third-order valence-corrected chi connectivity index (χ3v) is 16.0. The van der Waals surface area contributed by atoms with Crippen molar-refractivity contribution in [3.63, 3.8) is 0 Å². The highest BCUT2D eigenvalue weighted by molar-refractivity contribution is 8.00. The molecule has 3 nitrogen and oxygen atoms in total. The lowest BCUT2D eigenvalue weighted by Gasteiger charge is -2.47. The fourth-order valence-electron chi connectivity index (χ4n) is 6.97. The number of hydrogen-bond donors (Lipinski definition) is 0. The van der Waals surface area contributed by atoms with Gasteiger partial charge in [-0.1, -0.05) is 96.1 Å². The van der Waals surface area contributed by atoms with Gasteiger partial charge in [0.1, 0.15) is 0 Å². The Morgan fingerprint density at radius 2 is 1.50 bits per heavy atom. The second-order valence-electron chi connectivity index (χ2n) is 12.0. The van der Waals surface area contributed by atoms with Gasteiger partial charge in [-0.25, -0.2) is 0 Å². The number of allylic oxidation sites excluding steroid dienone is 1. The molecule has 0 radical (unpaired) electrons. The van der Waals surface area contributed by atoms with E-state index in [1.165, 1.54) is 11.1 Å². The van der Waals surface area contributed by atoms with Gasteiger partial charge in [0.05, 0.1) is 24.6 Å². The van der Waals surface area contributed by atoms with E-state index in [2.05, 4.69) is 96.1 Å². The van der Waals surface area contributed by atoms with Crippen LogP contribution < -0.4 is 0 Å². The highest BCUT2D eigenvalue weighted by Crippen LogP contribution is 2.49. The van der Waals surface area contributed by atoms with Crippen LogP contribution in [0, 0.1) is 11.8 Å². The van der Waals surface area contributed by atoms with Crippen molar-refractivity contribution in [1.29, 1.82) is 0 Å². The molecular formula is C33H46O3SSi. The summed E-state index contributed by atoms with van der Waals surface area (Å²) < 4.78 is 13.8. The summed E-state index contributed by atoms with van der Waals surface area (Å²) in [6, 6.07) is 20.8. The van der Waals surface area contributed by atoms with Gasteiger partial charge in [-0.15, -0.1) is 11.8 Å². The van der Waals surface area contributed by atoms with Crippen molar-refractivity contribution in [2.24, 2.45) is 11.8 Å². The Kier molecular flexibility index (Phi) is 10.1. The highest BCUT2D eigenvalue weighted by Gasteiger charge is 2.52. The van der Waals surface area contributed by atoms with Gasteiger partial charge in [0.15, 0.2) is 5.78 Å². The fourth-order valence-corrected chi connectivity index (χ4v) is 13.8. The van der Waals surface area contributed by atoms with Gasteiger partial charge in [-0.05, 0) is 59.2 Å². The average molecular weight is 551 g/mol. The number of thioether (sulfide) groups is 1. The Hall–Kier alpha value is -1.66. The Morgan fingerprint density at radius 3 is 2.11 bits per heavy atom. The monoisotopic (exact) mass is 550 g/mol. The molecule has 2 aliphatic carbocycles. The molecule has 1 fully saturated rings. The lowest BCUT2D eigenvalue weighted by atomic mass is 9.81. The van der Waals surface area contributed by atoms with Gasteiger partial charge in [-0.2, -0.15) is 0 Å². The van der Waals surface area contributed by atoms with Gasteiger partial charge < -0.3 is 9.16 Å². The van der Waals surface area contributed by atoms with Crippen LogP contribution in [0.25, 0.3) is 0 Å². The van der Waals surface area contributed by atoms with Crippen molar-refractivity contribution in [3.8, 4) is 0 Å². The SMILES string of the molecule is CC(C)[Si](O[C@H]1C2=CCC[C@H]1C(=O)C(Sc1ccccc1)C[C@H]2COCc1ccccc1)(C(C)C)C(C)C. The second-order valence-corrected chi connectivity index (χ2v) is 18.7. The van der Waals surface area contributed by atoms with Crippen LogP contribution in [0.1, 0.15) is 66.4 Å². The number of carbonyl (C=O) groups is 1. The molecule has 4 rings (SSSR count). The van der Waals surface area contributed by atoms with Crippen LogP contribution in [0.3, 0.4) is 0 Å². The first-order chi connectivity index (χ1) is 18.2. The number of ether oxygens (including phenoxy) is 1. The van der Waals surface area contributed by atoms with Gasteiger partial charge >= 0.3 is 0 Å². The van der Waals surface area contributed by atoms with E-state index in [4.69, 9.17) is 9.16 Å². The molecule has 206 valence electrons. The first-order valence-electron chi connectivity index (χ1n) is 14.5. The Morgan fingerprint density at radius 1 is 0.895 bits per heavy atom. The molecule has 0 N–H and O–H groups in total. The van der Waals surface area contributed by atoms with Crippen LogP contribution in [-0.4, -0.2) is 32.1 Å². The van der Waals surface area contributed by atoms with Gasteiger partial charge in [-0.3, -0.25) is 4.79 Å². The van der Waals surface area contributed by atoms with Crippen LogP contribution in [-0.2, 0) is 20.6 Å². The van der Waals surface area contributed by atoms with E-state index in [0.717, 1.165) is 24.2 Å². The van der Waals surface area contributed by atoms with E-state index in [9.17, 15) is 4.79 Å². The molecular weight excluding hydrogens is 505 g/mol. The average Bonchev–Trinajstić information content (AvgIpc) is 2.94. The van der Waals surface area contributed by atoms with E-state index in [-0.39, 0.29) is 23.2 Å². The second kappa shape index (κ2) is 13.1. The van der Waals surface area contributed by atoms with Gasteiger partial charge in [0.25, 0.3) is 0 Å². The lowest BCUT2D eigenvalue weighted by molar-refractivity contribution is -0.124. The first kappa shape index (κ1) is 29.3. The van der Waals surface area contributed by atoms with Crippen LogP contribution in [0.2, 0.25) is 16.6 Å². The zero-order chi connectivity index (χ0) is 27.3. The molecule has 38 heavy (non-hydrogen) atoms. The summed E-state index contributed by atoms with van der Waals surface area (Å²) in [5.74, 6) is 0.481. The molecule has 4 atom stereocenters. The number of benzene rings is 2. The molecule has 2 bridgehead atoms. The minimum absolute atomic E-state index is 0.0709. The summed E-state index contributed by atoms with van der Waals surface area (Å²) in [7, 11) is -2.18. The number of ketones is 1. The van der Waals surface area contributed by atoms with E-state index < -0.39 is 8.32 Å². The summed E-state index contributed by atoms with van der Waals surface area (Å²) in [6.45, 7) is 15.2. The quantitative estimate of drug-likeness (QED) is 0.207. The van der Waals surface area contributed by atoms with Crippen LogP contribution in [0.15, 0.2) is 77.2 Å². The number of rotatable bonds is 11. The van der Waals surface area contributed by atoms with Crippen molar-refractivity contribution in [3.05, 3.63) is 77.9 Å². The Bertz CT molecular complexity index is 1040. The molecule has 2 aromatic carbocycles. The van der Waals surface area contributed by atoms with Gasteiger partial charge in [0.2, 0.25) is 8.32 Å². The normalized spacial score (nSPS) is 24.1. The van der Waals surface area contributed by atoms with Crippen molar-refractivity contribution in [2.75, 3.05) is 6.61 Å². The third kappa shape index (κ3) is 6.38. The summed E-state index contributed by atoms with van der Waals surface area (Å²) in [6.07, 6.45) is 4.91. The largest absolute Gasteiger partial charge is 0.409 e. The molecule has 2 aliphatic rings. The number of Topliss-reactive ketones (excluding diaryl/α,β-unsaturated/α-hetero) is 1. The summed E-state index contributed by atoms with van der Waals surface area (Å²) >= 11 is 1.73. The molecule has 0 heterocycles. The molecule has 2 aromatic rings. The summed E-state index contributed by atoms with van der Waals surface area (Å²) in [5, 5.41) is -0.0870. The molecule has 0 spiro atoms. The molecule has 1 unspecified atom stereocenters. The summed E-state index contributed by atoms with van der Waals surface area (Å²) in [5.41, 5.74) is 3.94. The van der Waals surface area contributed by atoms with Crippen LogP contribution in [0.5, 0.6) is 0 Å². The maximum Gasteiger partial charge on any atom is 0.201 e. The minimum atomic E-state index is -2.18. The van der Waals surface area contributed by atoms with Crippen molar-refractivity contribution < 1.29 is 14.0 Å². The third-order valence-electron chi connectivity index (χ3n) is 8.69. The number of fused-ring (bicyclic) bond motifs is 2. The standard InChI is InChI=1S/C33H46O3SSi/c1-23(2)38(24(3)4,25(5)6)36-33-29-18-13-19-30(33)32(34)31(37-28-16-11-8-12-17-28)20-27(29)22-35-21-26-14-9-7-10-15-26/h7-12,14-18,23-25,27,30-31,33H,13,19-22H2,1-6H3/t27-,30-,31?,33-/m0/s1. The first-order valence-corrected chi connectivity index (χ1v) is 17.5. The predicted octanol–water partition coefficient (Wildman–Crippen LogP) is 8.85. The zero-order valence-corrected chi connectivity index (χ0v) is 25.9. The fraction of sp³-hybridized carbons (Fsp3) is 0.545. The van der Waals surface area contributed by atoms with Crippen molar-refractivity contribution in [2.45, 2.75) is 100 Å². The Labute approximate surface area is 235 Å². The molecule has 0 aliphatic heterocycles. The van der Waals surface area contributed by atoms with Crippen molar-refractivity contribution in [1.82, 2.24) is 0 Å². The molecule has 0 saturated heterocycles. The molecule has 1 saturated carbocycles. The highest BCUT2D eigenvalue weighted by atomic mass is 32.2. The maximum atomic E-state index is 14.3. The summed E-state index contributed by atoms with van der Waals surface area (Å²) in [4.78, 5) is 15.4. The smallest absolute Gasteiger partial charge is 0.201 e. The minimum Gasteiger partial charge on any atom is -0.409 e. The molecule has 0 aromatic heterocycles.